The minimum Gasteiger partial charge on any atom is -0.381 e. The van der Waals surface area contributed by atoms with E-state index in [4.69, 9.17) is 16.3 Å². The fraction of sp³-hybridized carbons (Fsp3) is 0.412. The molecule has 2 aliphatic heterocycles. The van der Waals surface area contributed by atoms with Crippen molar-refractivity contribution in [3.63, 3.8) is 0 Å². The van der Waals surface area contributed by atoms with Gasteiger partial charge in [0.1, 0.15) is 0 Å². The highest BCUT2D eigenvalue weighted by Crippen LogP contribution is 2.26. The fourth-order valence-corrected chi connectivity index (χ4v) is 3.35. The number of carbonyl (C=O) groups is 2. The topological polar surface area (TPSA) is 89.3 Å². The van der Waals surface area contributed by atoms with Gasteiger partial charge in [-0.25, -0.2) is 14.5 Å². The third-order valence-electron chi connectivity index (χ3n) is 4.57. The first-order valence-electron chi connectivity index (χ1n) is 8.49. The van der Waals surface area contributed by atoms with E-state index in [9.17, 15) is 9.59 Å². The second kappa shape index (κ2) is 7.05. The number of nitrogens with one attached hydrogen (secondary N) is 1. The average Bonchev–Trinajstić information content (AvgIpc) is 3.21. The van der Waals surface area contributed by atoms with Gasteiger partial charge in [0.05, 0.1) is 18.8 Å². The number of benzene rings is 1. The molecule has 0 atom stereocenters. The lowest BCUT2D eigenvalue weighted by molar-refractivity contribution is -0.125. The van der Waals surface area contributed by atoms with Gasteiger partial charge in [0.15, 0.2) is 11.6 Å². The van der Waals surface area contributed by atoms with Gasteiger partial charge in [-0.3, -0.25) is 9.69 Å². The smallest absolute Gasteiger partial charge is 0.325 e. The van der Waals surface area contributed by atoms with Crippen molar-refractivity contribution in [2.24, 2.45) is 0 Å². The molecule has 0 bridgehead atoms. The molecule has 1 aromatic carbocycles. The zero-order chi connectivity index (χ0) is 18.1. The number of imide groups is 1. The highest BCUT2D eigenvalue weighted by Gasteiger charge is 2.31. The summed E-state index contributed by atoms with van der Waals surface area (Å²) in [4.78, 5) is 29.6. The SMILES string of the molecule is O=C1CNC(=O)N1Cc1nc(C2CCOCC2)nn1-c1cccc(Cl)c1. The molecule has 0 radical (unpaired) electrons. The van der Waals surface area contributed by atoms with Crippen molar-refractivity contribution in [2.45, 2.75) is 25.3 Å². The van der Waals surface area contributed by atoms with E-state index < -0.39 is 6.03 Å². The number of rotatable bonds is 4. The van der Waals surface area contributed by atoms with Crippen LogP contribution in [0.1, 0.15) is 30.4 Å². The van der Waals surface area contributed by atoms with Crippen LogP contribution in [0.4, 0.5) is 4.79 Å². The molecule has 0 aliphatic carbocycles. The normalized spacial score (nSPS) is 18.4. The summed E-state index contributed by atoms with van der Waals surface area (Å²) in [6.07, 6.45) is 1.70. The van der Waals surface area contributed by atoms with E-state index in [0.717, 1.165) is 23.4 Å². The maximum atomic E-state index is 11.9. The zero-order valence-corrected chi connectivity index (χ0v) is 14.8. The maximum absolute atomic E-state index is 11.9. The lowest BCUT2D eigenvalue weighted by Crippen LogP contribution is -2.31. The molecule has 2 aromatic rings. The Kier molecular flexibility index (Phi) is 4.60. The van der Waals surface area contributed by atoms with E-state index in [1.165, 1.54) is 0 Å². The molecule has 0 unspecified atom stereocenters. The van der Waals surface area contributed by atoms with Gasteiger partial charge in [-0.1, -0.05) is 17.7 Å². The van der Waals surface area contributed by atoms with Crippen molar-refractivity contribution < 1.29 is 14.3 Å². The van der Waals surface area contributed by atoms with Crippen LogP contribution in [-0.4, -0.2) is 51.4 Å². The van der Waals surface area contributed by atoms with Crippen LogP contribution in [0, 0.1) is 0 Å². The third-order valence-corrected chi connectivity index (χ3v) is 4.80. The van der Waals surface area contributed by atoms with Gasteiger partial charge < -0.3 is 10.1 Å². The summed E-state index contributed by atoms with van der Waals surface area (Å²) in [5, 5.41) is 7.76. The van der Waals surface area contributed by atoms with Crippen molar-refractivity contribution in [3.05, 3.63) is 40.9 Å². The first-order valence-corrected chi connectivity index (χ1v) is 8.87. The highest BCUT2D eigenvalue weighted by atomic mass is 35.5. The van der Waals surface area contributed by atoms with Crippen LogP contribution >= 0.6 is 11.6 Å². The summed E-state index contributed by atoms with van der Waals surface area (Å²) < 4.78 is 7.07. The lowest BCUT2D eigenvalue weighted by Gasteiger charge is -2.18. The monoisotopic (exact) mass is 375 g/mol. The van der Waals surface area contributed by atoms with Crippen molar-refractivity contribution in [3.8, 4) is 5.69 Å². The molecule has 0 saturated carbocycles. The number of hydrogen-bond acceptors (Lipinski definition) is 5. The minimum absolute atomic E-state index is 0.0109. The summed E-state index contributed by atoms with van der Waals surface area (Å²) in [5.41, 5.74) is 0.741. The molecule has 136 valence electrons. The van der Waals surface area contributed by atoms with E-state index in [2.05, 4.69) is 15.4 Å². The third kappa shape index (κ3) is 3.30. The van der Waals surface area contributed by atoms with Crippen LogP contribution in [0.15, 0.2) is 24.3 Å². The zero-order valence-electron chi connectivity index (χ0n) is 14.0. The molecule has 3 amide bonds. The fourth-order valence-electron chi connectivity index (χ4n) is 3.16. The number of halogens is 1. The molecule has 1 N–H and O–H groups in total. The molecule has 9 heteroatoms. The number of carbonyl (C=O) groups excluding carboxylic acids is 2. The molecular formula is C17H18ClN5O3. The largest absolute Gasteiger partial charge is 0.381 e. The summed E-state index contributed by atoms with van der Waals surface area (Å²) in [6, 6.07) is 6.83. The number of nitrogens with zero attached hydrogens (tertiary/aromatic N) is 4. The molecule has 26 heavy (non-hydrogen) atoms. The Morgan fingerprint density at radius 3 is 2.77 bits per heavy atom. The minimum atomic E-state index is -0.414. The Bertz CT molecular complexity index is 831. The Morgan fingerprint density at radius 1 is 1.27 bits per heavy atom. The van der Waals surface area contributed by atoms with Crippen LogP contribution in [0.3, 0.4) is 0 Å². The summed E-state index contributed by atoms with van der Waals surface area (Å²) in [6.45, 7) is 1.43. The average molecular weight is 376 g/mol. The molecule has 8 nitrogen and oxygen atoms in total. The number of hydrogen-bond donors (Lipinski definition) is 1. The van der Waals surface area contributed by atoms with Gasteiger partial charge >= 0.3 is 6.03 Å². The van der Waals surface area contributed by atoms with E-state index in [0.29, 0.717) is 29.9 Å². The Hall–Kier alpha value is -2.45. The summed E-state index contributed by atoms with van der Waals surface area (Å²) in [5.74, 6) is 1.16. The molecular weight excluding hydrogens is 358 g/mol. The van der Waals surface area contributed by atoms with Gasteiger partial charge in [0.25, 0.3) is 0 Å². The predicted molar refractivity (Wildman–Crippen MR) is 93.1 cm³/mol. The van der Waals surface area contributed by atoms with Crippen LogP contribution < -0.4 is 5.32 Å². The van der Waals surface area contributed by atoms with Gasteiger partial charge in [0, 0.05) is 24.2 Å². The molecule has 3 heterocycles. The van der Waals surface area contributed by atoms with Crippen molar-refractivity contribution in [1.82, 2.24) is 25.0 Å². The van der Waals surface area contributed by atoms with E-state index in [-0.39, 0.29) is 24.9 Å². The van der Waals surface area contributed by atoms with E-state index in [1.54, 1.807) is 16.8 Å². The molecule has 4 rings (SSSR count). The number of amides is 3. The Morgan fingerprint density at radius 2 is 2.08 bits per heavy atom. The van der Waals surface area contributed by atoms with Crippen LogP contribution in [0.5, 0.6) is 0 Å². The maximum Gasteiger partial charge on any atom is 0.325 e. The van der Waals surface area contributed by atoms with Crippen molar-refractivity contribution >= 4 is 23.5 Å². The molecule has 0 spiro atoms. The van der Waals surface area contributed by atoms with Gasteiger partial charge in [0.2, 0.25) is 5.91 Å². The van der Waals surface area contributed by atoms with Gasteiger partial charge in [-0.05, 0) is 31.0 Å². The van der Waals surface area contributed by atoms with Crippen molar-refractivity contribution in [1.29, 1.82) is 0 Å². The first kappa shape index (κ1) is 17.0. The highest BCUT2D eigenvalue weighted by molar-refractivity contribution is 6.30. The summed E-state index contributed by atoms with van der Waals surface area (Å²) in [7, 11) is 0. The van der Waals surface area contributed by atoms with Crippen LogP contribution in [-0.2, 0) is 16.1 Å². The number of ether oxygens (including phenoxy) is 1. The molecule has 2 saturated heterocycles. The Balaban J connectivity index is 1.71. The quantitative estimate of drug-likeness (QED) is 0.824. The van der Waals surface area contributed by atoms with Crippen molar-refractivity contribution in [2.75, 3.05) is 19.8 Å². The van der Waals surface area contributed by atoms with Gasteiger partial charge in [-0.2, -0.15) is 5.10 Å². The Labute approximate surface area is 155 Å². The number of aromatic nitrogens is 3. The number of urea groups is 1. The summed E-state index contributed by atoms with van der Waals surface area (Å²) >= 11 is 6.11. The van der Waals surface area contributed by atoms with Crippen LogP contribution in [0.2, 0.25) is 5.02 Å². The molecule has 1 aromatic heterocycles. The van der Waals surface area contributed by atoms with E-state index in [1.807, 2.05) is 12.1 Å². The second-order valence-electron chi connectivity index (χ2n) is 6.30. The van der Waals surface area contributed by atoms with E-state index >= 15 is 0 Å². The standard InChI is InChI=1S/C17H18ClN5O3/c18-12-2-1-3-13(8-12)23-14(10-22-15(24)9-19-17(22)25)20-16(21-23)11-4-6-26-7-5-11/h1-3,8,11H,4-7,9-10H2,(H,19,25). The first-order chi connectivity index (χ1) is 12.6. The predicted octanol–water partition coefficient (Wildman–Crippen LogP) is 1.87. The van der Waals surface area contributed by atoms with Gasteiger partial charge in [-0.15, -0.1) is 0 Å². The second-order valence-corrected chi connectivity index (χ2v) is 6.74. The molecule has 2 fully saturated rings. The molecule has 2 aliphatic rings. The lowest BCUT2D eigenvalue weighted by atomic mass is 10.00. The van der Waals surface area contributed by atoms with Crippen LogP contribution in [0.25, 0.3) is 5.69 Å².